The normalized spacial score (nSPS) is 19.5. The third kappa shape index (κ3) is 2.67. The fourth-order valence-electron chi connectivity index (χ4n) is 1.48. The maximum absolute atomic E-state index is 13.1. The third-order valence-electron chi connectivity index (χ3n) is 2.35. The zero-order valence-electron chi connectivity index (χ0n) is 9.61. The van der Waals surface area contributed by atoms with Crippen molar-refractivity contribution in [2.45, 2.75) is 19.2 Å². The zero-order chi connectivity index (χ0) is 14.2. The minimum atomic E-state index is -4.85. The van der Waals surface area contributed by atoms with Crippen LogP contribution in [0, 0.1) is 5.82 Å². The Balaban J connectivity index is 2.42. The molecule has 2 rings (SSSR count). The van der Waals surface area contributed by atoms with E-state index in [0.29, 0.717) is 17.1 Å². The lowest BCUT2D eigenvalue weighted by molar-refractivity contribution is -0.139. The molecule has 1 amide bonds. The zero-order valence-corrected chi connectivity index (χ0v) is 9.61. The topological polar surface area (TPSA) is 41.9 Å². The van der Waals surface area contributed by atoms with Gasteiger partial charge in [-0.25, -0.2) is 9.18 Å². The third-order valence-corrected chi connectivity index (χ3v) is 2.35. The second-order valence-electron chi connectivity index (χ2n) is 3.83. The van der Waals surface area contributed by atoms with Gasteiger partial charge in [0.05, 0.1) is 17.5 Å². The lowest BCUT2D eigenvalue weighted by Crippen LogP contribution is -2.35. The molecule has 1 aliphatic rings. The molecular formula is C11H8F4N2O2. The number of carbonyl (C=O) groups is 1. The Morgan fingerprint density at radius 1 is 1.37 bits per heavy atom. The van der Waals surface area contributed by atoms with Crippen LogP contribution in [0.5, 0.6) is 0 Å². The summed E-state index contributed by atoms with van der Waals surface area (Å²) in [4.78, 5) is 11.5. The fraction of sp³-hybridized carbons (Fsp3) is 0.273. The Labute approximate surface area is 105 Å². The molecule has 0 aromatic heterocycles. The summed E-state index contributed by atoms with van der Waals surface area (Å²) in [6.45, 7) is 1.55. The van der Waals surface area contributed by atoms with Gasteiger partial charge in [0.1, 0.15) is 11.9 Å². The molecule has 19 heavy (non-hydrogen) atoms. The molecule has 1 unspecified atom stereocenters. The number of ether oxygens (including phenoxy) is 1. The first-order chi connectivity index (χ1) is 8.79. The maximum Gasteiger partial charge on any atom is 0.435 e. The highest BCUT2D eigenvalue weighted by Crippen LogP contribution is 2.34. The Kier molecular flexibility index (Phi) is 3.17. The first-order valence-corrected chi connectivity index (χ1v) is 5.20. The summed E-state index contributed by atoms with van der Waals surface area (Å²) in [6.07, 6.45) is -5.09. The number of alkyl halides is 3. The maximum atomic E-state index is 13.1. The number of nitrogens with zero attached hydrogens (tertiary/aromatic N) is 2. The molecule has 0 radical (unpaired) electrons. The van der Waals surface area contributed by atoms with Crippen LogP contribution in [-0.2, 0) is 10.9 Å². The van der Waals surface area contributed by atoms with Gasteiger partial charge >= 0.3 is 12.3 Å². The molecule has 102 valence electrons. The highest BCUT2D eigenvalue weighted by atomic mass is 19.4. The number of amides is 1. The Hall–Kier alpha value is -2.12. The molecule has 4 nitrogen and oxygen atoms in total. The summed E-state index contributed by atoms with van der Waals surface area (Å²) < 4.78 is 55.5. The van der Waals surface area contributed by atoms with Crippen LogP contribution in [0.1, 0.15) is 12.5 Å². The van der Waals surface area contributed by atoms with Gasteiger partial charge in [0.25, 0.3) is 0 Å². The Morgan fingerprint density at radius 2 is 2.05 bits per heavy atom. The molecule has 0 fully saturated rings. The van der Waals surface area contributed by atoms with Crippen LogP contribution in [0.25, 0.3) is 0 Å². The smallest absolute Gasteiger partial charge is 0.435 e. The minimum Gasteiger partial charge on any atom is -0.439 e. The van der Waals surface area contributed by atoms with Gasteiger partial charge in [0.2, 0.25) is 0 Å². The monoisotopic (exact) mass is 276 g/mol. The standard InChI is InChI=1S/C11H8F4N2O2/c1-6-5-16-17(10(18)19-6)7-2-3-9(12)8(4-7)11(13,14)15/h2-6H,1H3. The van der Waals surface area contributed by atoms with Gasteiger partial charge < -0.3 is 4.74 Å². The number of rotatable bonds is 1. The molecule has 1 atom stereocenters. The molecule has 0 N–H and O–H groups in total. The van der Waals surface area contributed by atoms with Crippen LogP contribution in [0.15, 0.2) is 23.3 Å². The predicted molar refractivity (Wildman–Crippen MR) is 58.3 cm³/mol. The van der Waals surface area contributed by atoms with E-state index in [1.165, 1.54) is 6.21 Å². The summed E-state index contributed by atoms with van der Waals surface area (Å²) in [5, 5.41) is 4.29. The number of halogens is 4. The van der Waals surface area contributed by atoms with Gasteiger partial charge in [-0.3, -0.25) is 0 Å². The second kappa shape index (κ2) is 4.52. The van der Waals surface area contributed by atoms with Crippen LogP contribution in [-0.4, -0.2) is 18.4 Å². The summed E-state index contributed by atoms with van der Waals surface area (Å²) in [5.41, 5.74) is -1.69. The van der Waals surface area contributed by atoms with E-state index < -0.39 is 29.8 Å². The number of cyclic esters (lactones) is 1. The van der Waals surface area contributed by atoms with E-state index in [0.717, 1.165) is 6.07 Å². The Bertz CT molecular complexity index is 542. The largest absolute Gasteiger partial charge is 0.439 e. The van der Waals surface area contributed by atoms with E-state index in [2.05, 4.69) is 5.10 Å². The molecule has 1 heterocycles. The van der Waals surface area contributed by atoms with Gasteiger partial charge in [0.15, 0.2) is 0 Å². The molecule has 0 spiro atoms. The van der Waals surface area contributed by atoms with E-state index in [-0.39, 0.29) is 5.69 Å². The molecule has 1 aromatic rings. The first kappa shape index (κ1) is 13.3. The van der Waals surface area contributed by atoms with Gasteiger partial charge in [-0.1, -0.05) is 0 Å². The molecule has 1 aromatic carbocycles. The van der Waals surface area contributed by atoms with Gasteiger partial charge in [-0.15, -0.1) is 0 Å². The van der Waals surface area contributed by atoms with Crippen molar-refractivity contribution >= 4 is 18.0 Å². The summed E-state index contributed by atoms with van der Waals surface area (Å²) in [6, 6.07) is 2.14. The van der Waals surface area contributed by atoms with Crippen molar-refractivity contribution in [1.82, 2.24) is 0 Å². The van der Waals surface area contributed by atoms with E-state index >= 15 is 0 Å². The van der Waals surface area contributed by atoms with Gasteiger partial charge in [-0.05, 0) is 25.1 Å². The lowest BCUT2D eigenvalue weighted by Gasteiger charge is -2.23. The summed E-state index contributed by atoms with van der Waals surface area (Å²) in [7, 11) is 0. The van der Waals surface area contributed by atoms with Crippen molar-refractivity contribution in [2.24, 2.45) is 5.10 Å². The van der Waals surface area contributed by atoms with Crippen molar-refractivity contribution in [3.8, 4) is 0 Å². The number of hydrazone groups is 1. The number of hydrogen-bond donors (Lipinski definition) is 0. The fourth-order valence-corrected chi connectivity index (χ4v) is 1.48. The second-order valence-corrected chi connectivity index (χ2v) is 3.83. The minimum absolute atomic E-state index is 0.220. The van der Waals surface area contributed by atoms with Crippen molar-refractivity contribution in [3.05, 3.63) is 29.6 Å². The molecule has 1 aliphatic heterocycles. The average molecular weight is 276 g/mol. The van der Waals surface area contributed by atoms with Crippen LogP contribution >= 0.6 is 0 Å². The van der Waals surface area contributed by atoms with Crippen molar-refractivity contribution in [3.63, 3.8) is 0 Å². The molecule has 0 saturated heterocycles. The number of anilines is 1. The number of carbonyl (C=O) groups excluding carboxylic acids is 1. The highest BCUT2D eigenvalue weighted by Gasteiger charge is 2.35. The quantitative estimate of drug-likeness (QED) is 0.739. The van der Waals surface area contributed by atoms with Crippen LogP contribution in [0.4, 0.5) is 28.0 Å². The first-order valence-electron chi connectivity index (χ1n) is 5.20. The highest BCUT2D eigenvalue weighted by molar-refractivity contribution is 5.92. The van der Waals surface area contributed by atoms with Crippen molar-refractivity contribution in [1.29, 1.82) is 0 Å². The summed E-state index contributed by atoms with van der Waals surface area (Å²) >= 11 is 0. The molecule has 0 bridgehead atoms. The Morgan fingerprint density at radius 3 is 2.63 bits per heavy atom. The lowest BCUT2D eigenvalue weighted by atomic mass is 10.2. The number of hydrogen-bond acceptors (Lipinski definition) is 3. The van der Waals surface area contributed by atoms with Crippen molar-refractivity contribution in [2.75, 3.05) is 5.01 Å². The van der Waals surface area contributed by atoms with E-state index in [9.17, 15) is 22.4 Å². The molecule has 8 heteroatoms. The van der Waals surface area contributed by atoms with Crippen LogP contribution in [0.3, 0.4) is 0 Å². The molecule has 0 saturated carbocycles. The van der Waals surface area contributed by atoms with Gasteiger partial charge in [-0.2, -0.15) is 23.3 Å². The molecule has 0 aliphatic carbocycles. The van der Waals surface area contributed by atoms with E-state index in [1.807, 2.05) is 0 Å². The van der Waals surface area contributed by atoms with Crippen molar-refractivity contribution < 1.29 is 27.1 Å². The van der Waals surface area contributed by atoms with E-state index in [1.54, 1.807) is 6.92 Å². The average Bonchev–Trinajstić information content (AvgIpc) is 2.29. The summed E-state index contributed by atoms with van der Waals surface area (Å²) in [5.74, 6) is -1.42. The predicted octanol–water partition coefficient (Wildman–Crippen LogP) is 3.18. The number of benzene rings is 1. The van der Waals surface area contributed by atoms with Crippen LogP contribution < -0.4 is 5.01 Å². The van der Waals surface area contributed by atoms with Crippen LogP contribution in [0.2, 0.25) is 0 Å². The van der Waals surface area contributed by atoms with E-state index in [4.69, 9.17) is 4.74 Å². The SMILES string of the molecule is CC1C=NN(c2ccc(F)c(C(F)(F)F)c2)C(=O)O1. The molecular weight excluding hydrogens is 268 g/mol. The van der Waals surface area contributed by atoms with Gasteiger partial charge in [0, 0.05) is 0 Å².